The van der Waals surface area contributed by atoms with Gasteiger partial charge in [0.2, 0.25) is 0 Å². The van der Waals surface area contributed by atoms with Crippen molar-refractivity contribution in [2.75, 3.05) is 30.9 Å². The molecule has 2 N–H and O–H groups in total. The van der Waals surface area contributed by atoms with Crippen molar-refractivity contribution in [2.45, 2.75) is 6.17 Å². The van der Waals surface area contributed by atoms with E-state index in [9.17, 15) is 27.2 Å². The molecule has 176 valence electrons. The van der Waals surface area contributed by atoms with Crippen LogP contribution in [0.4, 0.5) is 28.9 Å². The smallest absolute Gasteiger partial charge is 0.256 e. The Kier molecular flexibility index (Phi) is 6.51. The minimum atomic E-state index is -0.855. The SMILES string of the molecule is COCCN1C(=O)c2cc(C(=O)Nc3cc(F)ccc3F)ccc2C1Nc1cc(F)ccc1F. The monoisotopic (exact) mass is 473 g/mol. The summed E-state index contributed by atoms with van der Waals surface area (Å²) in [6.45, 7) is 0.310. The molecule has 0 spiro atoms. The summed E-state index contributed by atoms with van der Waals surface area (Å²) in [5.41, 5.74) is 0.118. The van der Waals surface area contributed by atoms with E-state index in [2.05, 4.69) is 10.6 Å². The van der Waals surface area contributed by atoms with Crippen LogP contribution in [0.2, 0.25) is 0 Å². The summed E-state index contributed by atoms with van der Waals surface area (Å²) >= 11 is 0. The zero-order valence-electron chi connectivity index (χ0n) is 17.9. The number of nitrogens with one attached hydrogen (secondary N) is 2. The highest BCUT2D eigenvalue weighted by Crippen LogP contribution is 2.35. The van der Waals surface area contributed by atoms with Crippen LogP contribution in [0.3, 0.4) is 0 Å². The van der Waals surface area contributed by atoms with E-state index < -0.39 is 41.2 Å². The molecular weight excluding hydrogens is 454 g/mol. The van der Waals surface area contributed by atoms with E-state index in [0.717, 1.165) is 36.4 Å². The lowest BCUT2D eigenvalue weighted by Crippen LogP contribution is -2.35. The summed E-state index contributed by atoms with van der Waals surface area (Å²) in [5, 5.41) is 5.12. The van der Waals surface area contributed by atoms with Crippen LogP contribution in [0, 0.1) is 23.3 Å². The third-order valence-electron chi connectivity index (χ3n) is 5.35. The lowest BCUT2D eigenvalue weighted by molar-refractivity contribution is 0.0674. The first-order chi connectivity index (χ1) is 16.3. The molecule has 10 heteroatoms. The van der Waals surface area contributed by atoms with Gasteiger partial charge < -0.3 is 20.3 Å². The summed E-state index contributed by atoms with van der Waals surface area (Å²) < 4.78 is 60.3. The highest BCUT2D eigenvalue weighted by atomic mass is 19.1. The first-order valence-corrected chi connectivity index (χ1v) is 10.2. The van der Waals surface area contributed by atoms with Crippen LogP contribution in [0.5, 0.6) is 0 Å². The lowest BCUT2D eigenvalue weighted by atomic mass is 10.0. The first-order valence-electron chi connectivity index (χ1n) is 10.2. The zero-order chi connectivity index (χ0) is 24.4. The number of anilines is 2. The molecule has 0 aliphatic carbocycles. The Hall–Kier alpha value is -3.92. The van der Waals surface area contributed by atoms with Crippen LogP contribution >= 0.6 is 0 Å². The van der Waals surface area contributed by atoms with Crippen molar-refractivity contribution in [1.82, 2.24) is 4.90 Å². The molecule has 3 aromatic rings. The maximum atomic E-state index is 14.2. The molecular formula is C24H19F4N3O3. The topological polar surface area (TPSA) is 70.7 Å². The van der Waals surface area contributed by atoms with Gasteiger partial charge in [-0.2, -0.15) is 0 Å². The molecule has 1 unspecified atom stereocenters. The molecule has 1 atom stereocenters. The molecule has 0 bridgehead atoms. The molecule has 0 aromatic heterocycles. The van der Waals surface area contributed by atoms with Crippen LogP contribution in [0.15, 0.2) is 54.6 Å². The first kappa shape index (κ1) is 23.2. The molecule has 0 radical (unpaired) electrons. The summed E-state index contributed by atoms with van der Waals surface area (Å²) in [6.07, 6.45) is -0.855. The minimum Gasteiger partial charge on any atom is -0.383 e. The quantitative estimate of drug-likeness (QED) is 0.488. The highest BCUT2D eigenvalue weighted by molar-refractivity contribution is 6.07. The van der Waals surface area contributed by atoms with Gasteiger partial charge in [0.15, 0.2) is 0 Å². The van der Waals surface area contributed by atoms with E-state index in [0.29, 0.717) is 5.56 Å². The van der Waals surface area contributed by atoms with E-state index in [1.54, 1.807) is 0 Å². The summed E-state index contributed by atoms with van der Waals surface area (Å²) in [4.78, 5) is 27.1. The predicted molar refractivity (Wildman–Crippen MR) is 116 cm³/mol. The van der Waals surface area contributed by atoms with Gasteiger partial charge in [-0.1, -0.05) is 6.07 Å². The molecule has 3 aromatic carbocycles. The van der Waals surface area contributed by atoms with Gasteiger partial charge in [-0.3, -0.25) is 9.59 Å². The fraction of sp³-hybridized carbons (Fsp3) is 0.167. The van der Waals surface area contributed by atoms with Crippen molar-refractivity contribution in [1.29, 1.82) is 0 Å². The van der Waals surface area contributed by atoms with E-state index in [-0.39, 0.29) is 35.7 Å². The number of carbonyl (C=O) groups excluding carboxylic acids is 2. The number of hydrogen-bond donors (Lipinski definition) is 2. The van der Waals surface area contributed by atoms with Crippen LogP contribution in [-0.4, -0.2) is 37.0 Å². The number of benzene rings is 3. The third kappa shape index (κ3) is 4.58. The largest absolute Gasteiger partial charge is 0.383 e. The van der Waals surface area contributed by atoms with Crippen LogP contribution in [-0.2, 0) is 4.74 Å². The lowest BCUT2D eigenvalue weighted by Gasteiger charge is -2.27. The average molecular weight is 473 g/mol. The number of amides is 2. The van der Waals surface area contributed by atoms with Crippen molar-refractivity contribution in [3.63, 3.8) is 0 Å². The van der Waals surface area contributed by atoms with Crippen molar-refractivity contribution in [3.05, 3.63) is 94.6 Å². The zero-order valence-corrected chi connectivity index (χ0v) is 17.9. The molecule has 1 aliphatic rings. The fourth-order valence-electron chi connectivity index (χ4n) is 3.68. The van der Waals surface area contributed by atoms with Gasteiger partial charge in [-0.15, -0.1) is 0 Å². The van der Waals surface area contributed by atoms with Gasteiger partial charge in [0.1, 0.15) is 29.4 Å². The Balaban J connectivity index is 1.66. The normalized spacial score (nSPS) is 14.8. The third-order valence-corrected chi connectivity index (χ3v) is 5.35. The van der Waals surface area contributed by atoms with Crippen LogP contribution in [0.25, 0.3) is 0 Å². The number of methoxy groups -OCH3 is 1. The van der Waals surface area contributed by atoms with E-state index in [1.165, 1.54) is 30.2 Å². The number of ether oxygens (including phenoxy) is 1. The van der Waals surface area contributed by atoms with E-state index >= 15 is 0 Å². The summed E-state index contributed by atoms with van der Waals surface area (Å²) in [7, 11) is 1.45. The predicted octanol–water partition coefficient (Wildman–Crippen LogP) is 4.71. The molecule has 1 aliphatic heterocycles. The Morgan fingerprint density at radius 3 is 2.26 bits per heavy atom. The number of halogens is 4. The molecule has 0 fully saturated rings. The Morgan fingerprint density at radius 2 is 1.59 bits per heavy atom. The second-order valence-corrected chi connectivity index (χ2v) is 7.54. The summed E-state index contributed by atoms with van der Waals surface area (Å²) in [5.74, 6) is -4.13. The second kappa shape index (κ2) is 9.52. The molecule has 2 amide bonds. The van der Waals surface area contributed by atoms with Gasteiger partial charge in [-0.25, -0.2) is 17.6 Å². The molecule has 0 saturated heterocycles. The molecule has 1 heterocycles. The number of nitrogens with zero attached hydrogens (tertiary/aromatic N) is 1. The van der Waals surface area contributed by atoms with Gasteiger partial charge in [0, 0.05) is 42.5 Å². The number of fused-ring (bicyclic) bond motifs is 1. The van der Waals surface area contributed by atoms with Crippen LogP contribution in [0.1, 0.15) is 32.4 Å². The van der Waals surface area contributed by atoms with Gasteiger partial charge in [-0.05, 0) is 36.4 Å². The van der Waals surface area contributed by atoms with Crippen molar-refractivity contribution in [3.8, 4) is 0 Å². The maximum Gasteiger partial charge on any atom is 0.256 e. The Bertz CT molecular complexity index is 1270. The number of hydrogen-bond acceptors (Lipinski definition) is 4. The molecule has 4 rings (SSSR count). The van der Waals surface area contributed by atoms with E-state index in [1.807, 2.05) is 0 Å². The molecule has 0 saturated carbocycles. The number of rotatable bonds is 7. The highest BCUT2D eigenvalue weighted by Gasteiger charge is 2.37. The maximum absolute atomic E-state index is 14.2. The van der Waals surface area contributed by atoms with Crippen molar-refractivity contribution >= 4 is 23.2 Å². The van der Waals surface area contributed by atoms with Gasteiger partial charge in [0.05, 0.1) is 18.0 Å². The summed E-state index contributed by atoms with van der Waals surface area (Å²) in [6, 6.07) is 9.76. The molecule has 6 nitrogen and oxygen atoms in total. The van der Waals surface area contributed by atoms with E-state index in [4.69, 9.17) is 4.74 Å². The second-order valence-electron chi connectivity index (χ2n) is 7.54. The fourth-order valence-corrected chi connectivity index (χ4v) is 3.68. The average Bonchev–Trinajstić information content (AvgIpc) is 3.07. The van der Waals surface area contributed by atoms with Crippen molar-refractivity contribution < 1.29 is 31.9 Å². The standard InChI is InChI=1S/C24H19F4N3O3/c1-34-9-8-31-22(29-20-11-14(25)3-6-18(20)27)16-5-2-13(10-17(16)24(31)33)23(32)30-21-12-15(26)4-7-19(21)28/h2-7,10-12,22,29H,8-9H2,1H3,(H,30,32). The molecule has 34 heavy (non-hydrogen) atoms. The van der Waals surface area contributed by atoms with Gasteiger partial charge in [0.25, 0.3) is 11.8 Å². The Labute approximate surface area is 192 Å². The number of carbonyl (C=O) groups is 2. The van der Waals surface area contributed by atoms with Crippen LogP contribution < -0.4 is 10.6 Å². The van der Waals surface area contributed by atoms with Gasteiger partial charge >= 0.3 is 0 Å². The Morgan fingerprint density at radius 1 is 0.941 bits per heavy atom. The minimum absolute atomic E-state index is 0.0278. The van der Waals surface area contributed by atoms with Crippen molar-refractivity contribution in [2.24, 2.45) is 0 Å².